The lowest BCUT2D eigenvalue weighted by atomic mass is 9.97. The molecule has 0 saturated heterocycles. The van der Waals surface area contributed by atoms with Crippen LogP contribution in [0.15, 0.2) is 96.6 Å². The average Bonchev–Trinajstić information content (AvgIpc) is 3.15. The lowest BCUT2D eigenvalue weighted by Crippen LogP contribution is -2.67. The summed E-state index contributed by atoms with van der Waals surface area (Å²) in [4.78, 5) is 14.6. The third-order valence-corrected chi connectivity index (χ3v) is 23.1. The number of methoxy groups -OCH3 is 1. The molecule has 11 heteroatoms. The minimum atomic E-state index is -2.81. The minimum absolute atomic E-state index is 0.0112. The molecule has 0 heterocycles. The molecule has 3 aromatic rings. The third-order valence-electron chi connectivity index (χ3n) is 11.6. The molecule has 3 rings (SSSR count). The van der Waals surface area contributed by atoms with E-state index < -0.39 is 39.4 Å². The fraction of sp³-hybridized carbons (Fsp3) is 0.580. The maximum absolute atomic E-state index is 14.6. The van der Waals surface area contributed by atoms with Gasteiger partial charge in [0.25, 0.3) is 8.32 Å². The summed E-state index contributed by atoms with van der Waals surface area (Å²) in [5.74, 6) is 0.962. The first-order valence-electron chi connectivity index (χ1n) is 22.4. The normalized spacial score (nSPS) is 15.6. The number of benzene rings is 3. The van der Waals surface area contributed by atoms with E-state index in [1.54, 1.807) is 7.11 Å². The van der Waals surface area contributed by atoms with Gasteiger partial charge >= 0.3 is 0 Å². The highest BCUT2D eigenvalue weighted by Gasteiger charge is 2.50. The van der Waals surface area contributed by atoms with Gasteiger partial charge in [0.15, 0.2) is 30.7 Å². The van der Waals surface area contributed by atoms with Crippen LogP contribution in [0.1, 0.15) is 80.2 Å². The van der Waals surface area contributed by atoms with E-state index in [-0.39, 0.29) is 34.0 Å². The van der Waals surface area contributed by atoms with Crippen molar-refractivity contribution in [3.63, 3.8) is 0 Å². The van der Waals surface area contributed by atoms with Crippen molar-refractivity contribution in [1.82, 2.24) is 0 Å². The SMILES string of the molecule is COc1ccc(COC[C@@H](C)[C@H](C/C(C)=C/C(=O)[C@@H](CC[C@@H](CO[Si](c2ccccc2)(c2ccccc2)C(C)(C)C)O[Si](C)(C)C)O[Si](C)(C)C(C)(C)C)O[Si](C)(C)C)cc1. The van der Waals surface area contributed by atoms with Crippen LogP contribution in [0.3, 0.4) is 0 Å². The predicted octanol–water partition coefficient (Wildman–Crippen LogP) is 11.9. The van der Waals surface area contributed by atoms with Gasteiger partial charge in [0, 0.05) is 5.92 Å². The van der Waals surface area contributed by atoms with Gasteiger partial charge in [-0.25, -0.2) is 0 Å². The van der Waals surface area contributed by atoms with Crippen LogP contribution in [0.5, 0.6) is 5.75 Å². The average molecular weight is 908 g/mol. The molecular weight excluding hydrogens is 825 g/mol. The van der Waals surface area contributed by atoms with Gasteiger partial charge in [0.1, 0.15) is 11.9 Å². The Morgan fingerprint density at radius 3 is 1.66 bits per heavy atom. The second-order valence-corrected chi connectivity index (χ2v) is 39.5. The lowest BCUT2D eigenvalue weighted by Gasteiger charge is -2.44. The van der Waals surface area contributed by atoms with Gasteiger partial charge in [-0.05, 0) is 123 Å². The molecule has 0 radical (unpaired) electrons. The maximum Gasteiger partial charge on any atom is 0.261 e. The Morgan fingerprint density at radius 2 is 1.20 bits per heavy atom. The maximum atomic E-state index is 14.6. The second kappa shape index (κ2) is 22.4. The van der Waals surface area contributed by atoms with Crippen LogP contribution in [0.4, 0.5) is 0 Å². The Bertz CT molecular complexity index is 1750. The highest BCUT2D eigenvalue weighted by Crippen LogP contribution is 2.39. The van der Waals surface area contributed by atoms with E-state index in [0.29, 0.717) is 39.1 Å². The van der Waals surface area contributed by atoms with Crippen LogP contribution in [0.2, 0.25) is 62.5 Å². The van der Waals surface area contributed by atoms with E-state index >= 15 is 0 Å². The quantitative estimate of drug-likeness (QED) is 0.0655. The summed E-state index contributed by atoms with van der Waals surface area (Å²) in [6.45, 7) is 37.1. The second-order valence-electron chi connectivity index (χ2n) is 21.5. The van der Waals surface area contributed by atoms with Gasteiger partial charge in [0.05, 0.1) is 39.1 Å². The first kappa shape index (κ1) is 52.9. The summed E-state index contributed by atoms with van der Waals surface area (Å²) < 4.78 is 39.7. The van der Waals surface area contributed by atoms with E-state index in [9.17, 15) is 4.79 Å². The molecule has 7 nitrogen and oxygen atoms in total. The van der Waals surface area contributed by atoms with E-state index in [2.05, 4.69) is 168 Å². The Hall–Kier alpha value is -2.46. The van der Waals surface area contributed by atoms with E-state index in [1.807, 2.05) is 30.3 Å². The Morgan fingerprint density at radius 1 is 0.672 bits per heavy atom. The number of rotatable bonds is 24. The van der Waals surface area contributed by atoms with Gasteiger partial charge in [-0.15, -0.1) is 0 Å². The molecule has 0 aliphatic carbocycles. The van der Waals surface area contributed by atoms with Crippen LogP contribution in [0.25, 0.3) is 0 Å². The molecule has 0 bridgehead atoms. The van der Waals surface area contributed by atoms with Crippen molar-refractivity contribution in [3.8, 4) is 5.75 Å². The zero-order chi connectivity index (χ0) is 45.9. The molecule has 0 amide bonds. The molecule has 0 aliphatic heterocycles. The van der Waals surface area contributed by atoms with Crippen LogP contribution < -0.4 is 15.1 Å². The van der Waals surface area contributed by atoms with Crippen LogP contribution in [-0.2, 0) is 33.8 Å². The Labute approximate surface area is 375 Å². The highest BCUT2D eigenvalue weighted by molar-refractivity contribution is 6.99. The van der Waals surface area contributed by atoms with Crippen molar-refractivity contribution in [2.24, 2.45) is 5.92 Å². The zero-order valence-electron chi connectivity index (χ0n) is 41.1. The van der Waals surface area contributed by atoms with E-state index in [4.69, 9.17) is 27.2 Å². The highest BCUT2D eigenvalue weighted by atomic mass is 28.4. The van der Waals surface area contributed by atoms with Crippen LogP contribution >= 0.6 is 0 Å². The van der Waals surface area contributed by atoms with E-state index in [0.717, 1.165) is 16.9 Å². The van der Waals surface area contributed by atoms with Gasteiger partial charge in [-0.2, -0.15) is 0 Å². The molecule has 0 saturated carbocycles. The van der Waals surface area contributed by atoms with Gasteiger partial charge in [0.2, 0.25) is 0 Å². The monoisotopic (exact) mass is 907 g/mol. The van der Waals surface area contributed by atoms with Crippen LogP contribution in [0, 0.1) is 5.92 Å². The molecule has 4 atom stereocenters. The summed E-state index contributed by atoms with van der Waals surface area (Å²) in [5.41, 5.74) is 2.08. The smallest absolute Gasteiger partial charge is 0.261 e. The number of hydrogen-bond acceptors (Lipinski definition) is 7. The third kappa shape index (κ3) is 16.6. The number of carbonyl (C=O) groups excluding carboxylic acids is 1. The van der Waals surface area contributed by atoms with Crippen molar-refractivity contribution < 1.29 is 32.0 Å². The predicted molar refractivity (Wildman–Crippen MR) is 267 cm³/mol. The van der Waals surface area contributed by atoms with Gasteiger partial charge in [-0.3, -0.25) is 4.79 Å². The standard InChI is InChI=1S/C50H82O7Si4/c1-39(35-48(56-59(13,14)15)40(2)36-53-37-41-28-30-42(52-9)31-29-41)34-46(51)47(57-60(16,17)49(3,4)5)33-32-43(55-58(10,11)12)38-54-61(50(6,7)8,44-24-20-18-21-25-44)45-26-22-19-23-27-45/h18-31,34,40,43,47-48H,32-33,35-38H2,1-17H3/b39-34+/t40-,43+,47-,48+/m1/s1. The lowest BCUT2D eigenvalue weighted by molar-refractivity contribution is -0.122. The van der Waals surface area contributed by atoms with Crippen molar-refractivity contribution in [2.75, 3.05) is 20.3 Å². The first-order valence-corrected chi connectivity index (χ1v) is 34.0. The van der Waals surface area contributed by atoms with Gasteiger partial charge < -0.3 is 27.2 Å². The number of ether oxygens (including phenoxy) is 2. The zero-order valence-corrected chi connectivity index (χ0v) is 45.1. The van der Waals surface area contributed by atoms with Crippen molar-refractivity contribution in [1.29, 1.82) is 0 Å². The molecule has 340 valence electrons. The summed E-state index contributed by atoms with van der Waals surface area (Å²) in [6.07, 6.45) is 2.77. The van der Waals surface area contributed by atoms with Crippen molar-refractivity contribution in [2.45, 2.75) is 162 Å². The molecule has 0 spiro atoms. The van der Waals surface area contributed by atoms with E-state index in [1.165, 1.54) is 10.4 Å². The number of ketones is 1. The Kier molecular flexibility index (Phi) is 19.5. The molecule has 0 aromatic heterocycles. The topological polar surface area (TPSA) is 72.5 Å². The molecule has 0 N–H and O–H groups in total. The summed E-state index contributed by atoms with van der Waals surface area (Å²) in [7, 11) is -7.43. The summed E-state index contributed by atoms with van der Waals surface area (Å²) >= 11 is 0. The molecule has 0 fully saturated rings. The Balaban J connectivity index is 1.91. The van der Waals surface area contributed by atoms with Crippen molar-refractivity contribution >= 4 is 49.4 Å². The molecule has 0 unspecified atom stereocenters. The fourth-order valence-corrected chi connectivity index (χ4v) is 15.8. The molecular formula is C50H82O7Si4. The first-order chi connectivity index (χ1) is 28.2. The van der Waals surface area contributed by atoms with Crippen molar-refractivity contribution in [3.05, 3.63) is 102 Å². The molecule has 3 aromatic carbocycles. The summed E-state index contributed by atoms with van der Waals surface area (Å²) in [5, 5.41) is 2.25. The fourth-order valence-electron chi connectivity index (χ4n) is 7.50. The number of hydrogen-bond donors (Lipinski definition) is 0. The largest absolute Gasteiger partial charge is 0.497 e. The molecule has 0 aliphatic rings. The van der Waals surface area contributed by atoms with Crippen LogP contribution in [-0.4, -0.2) is 77.7 Å². The number of carbonyl (C=O) groups is 1. The minimum Gasteiger partial charge on any atom is -0.497 e. The summed E-state index contributed by atoms with van der Waals surface area (Å²) in [6, 6.07) is 29.5. The van der Waals surface area contributed by atoms with Gasteiger partial charge in [-0.1, -0.05) is 127 Å². The molecule has 61 heavy (non-hydrogen) atoms.